The molecule has 1 heterocycles. The molecule has 0 N–H and O–H groups in total. The van der Waals surface area contributed by atoms with Crippen LogP contribution in [-0.2, 0) is 4.79 Å². The second-order valence-electron chi connectivity index (χ2n) is 4.46. The number of methoxy groups -OCH3 is 1. The Balaban J connectivity index is 2.14. The SMILES string of the molecule is CCCCN1C(=O)/C(=C/c2ccc(OC)cc2)SC1=S. The number of thiocarbonyl (C=S) groups is 1. The van der Waals surface area contributed by atoms with Gasteiger partial charge in [-0.1, -0.05) is 49.5 Å². The van der Waals surface area contributed by atoms with Gasteiger partial charge < -0.3 is 4.74 Å². The summed E-state index contributed by atoms with van der Waals surface area (Å²) < 4.78 is 5.77. The molecule has 1 saturated heterocycles. The van der Waals surface area contributed by atoms with Gasteiger partial charge in [-0.2, -0.15) is 0 Å². The van der Waals surface area contributed by atoms with E-state index in [1.54, 1.807) is 12.0 Å². The topological polar surface area (TPSA) is 29.5 Å². The van der Waals surface area contributed by atoms with Crippen molar-refractivity contribution in [2.75, 3.05) is 13.7 Å². The summed E-state index contributed by atoms with van der Waals surface area (Å²) in [5.74, 6) is 0.821. The van der Waals surface area contributed by atoms with Gasteiger partial charge in [0.05, 0.1) is 12.0 Å². The summed E-state index contributed by atoms with van der Waals surface area (Å²) in [6.07, 6.45) is 3.90. The third-order valence-corrected chi connectivity index (χ3v) is 4.40. The normalized spacial score (nSPS) is 17.1. The van der Waals surface area contributed by atoms with Crippen LogP contribution in [0, 0.1) is 0 Å². The van der Waals surface area contributed by atoms with Gasteiger partial charge in [-0.3, -0.25) is 9.69 Å². The van der Waals surface area contributed by atoms with Crippen molar-refractivity contribution in [2.24, 2.45) is 0 Å². The molecule has 3 nitrogen and oxygen atoms in total. The van der Waals surface area contributed by atoms with E-state index in [0.717, 1.165) is 24.2 Å². The van der Waals surface area contributed by atoms with E-state index in [-0.39, 0.29) is 5.91 Å². The Kier molecular flexibility index (Phi) is 5.20. The molecule has 1 aromatic rings. The highest BCUT2D eigenvalue weighted by molar-refractivity contribution is 8.26. The van der Waals surface area contributed by atoms with Crippen LogP contribution in [0.4, 0.5) is 0 Å². The number of ether oxygens (including phenoxy) is 1. The lowest BCUT2D eigenvalue weighted by Gasteiger charge is -2.12. The lowest BCUT2D eigenvalue weighted by atomic mass is 10.2. The van der Waals surface area contributed by atoms with E-state index in [0.29, 0.717) is 15.8 Å². The number of hydrogen-bond donors (Lipinski definition) is 0. The summed E-state index contributed by atoms with van der Waals surface area (Å²) in [4.78, 5) is 14.7. The maximum Gasteiger partial charge on any atom is 0.266 e. The van der Waals surface area contributed by atoms with Crippen LogP contribution in [0.25, 0.3) is 6.08 Å². The predicted molar refractivity (Wildman–Crippen MR) is 87.8 cm³/mol. The van der Waals surface area contributed by atoms with Gasteiger partial charge in [0.1, 0.15) is 10.1 Å². The number of carbonyl (C=O) groups is 1. The van der Waals surface area contributed by atoms with Crippen LogP contribution in [0.2, 0.25) is 0 Å². The maximum absolute atomic E-state index is 12.3. The predicted octanol–water partition coefficient (Wildman–Crippen LogP) is 3.70. The third kappa shape index (κ3) is 3.41. The number of benzene rings is 1. The summed E-state index contributed by atoms with van der Waals surface area (Å²) in [7, 11) is 1.63. The molecule has 0 aromatic heterocycles. The van der Waals surface area contributed by atoms with Crippen LogP contribution >= 0.6 is 24.0 Å². The average molecular weight is 307 g/mol. The zero-order valence-electron chi connectivity index (χ0n) is 11.6. The third-order valence-electron chi connectivity index (χ3n) is 3.02. The van der Waals surface area contributed by atoms with Crippen LogP contribution in [0.15, 0.2) is 29.2 Å². The van der Waals surface area contributed by atoms with Crippen molar-refractivity contribution in [1.29, 1.82) is 0 Å². The minimum atomic E-state index is 0.0178. The first-order valence-corrected chi connectivity index (χ1v) is 7.77. The van der Waals surface area contributed by atoms with Crippen molar-refractivity contribution in [3.8, 4) is 5.75 Å². The van der Waals surface area contributed by atoms with Crippen molar-refractivity contribution < 1.29 is 9.53 Å². The Morgan fingerprint density at radius 3 is 2.65 bits per heavy atom. The summed E-state index contributed by atoms with van der Waals surface area (Å²) in [5, 5.41) is 0. The van der Waals surface area contributed by atoms with Gasteiger partial charge >= 0.3 is 0 Å². The second kappa shape index (κ2) is 6.90. The molecule has 1 aliphatic rings. The molecule has 0 radical (unpaired) electrons. The molecular formula is C15H17NO2S2. The highest BCUT2D eigenvalue weighted by atomic mass is 32.2. The fraction of sp³-hybridized carbons (Fsp3) is 0.333. The van der Waals surface area contributed by atoms with Crippen LogP contribution < -0.4 is 4.74 Å². The largest absolute Gasteiger partial charge is 0.497 e. The van der Waals surface area contributed by atoms with E-state index in [9.17, 15) is 4.79 Å². The first-order valence-electron chi connectivity index (χ1n) is 6.55. The van der Waals surface area contributed by atoms with E-state index >= 15 is 0 Å². The molecule has 0 unspecified atom stereocenters. The lowest BCUT2D eigenvalue weighted by molar-refractivity contribution is -0.122. The average Bonchev–Trinajstić information content (AvgIpc) is 2.72. The number of thioether (sulfide) groups is 1. The summed E-state index contributed by atoms with van der Waals surface area (Å²) in [6, 6.07) is 7.61. The molecular weight excluding hydrogens is 290 g/mol. The maximum atomic E-state index is 12.3. The molecule has 20 heavy (non-hydrogen) atoms. The Bertz CT molecular complexity index is 537. The fourth-order valence-electron chi connectivity index (χ4n) is 1.86. The summed E-state index contributed by atoms with van der Waals surface area (Å²) in [5.41, 5.74) is 0.974. The van der Waals surface area contributed by atoms with E-state index in [4.69, 9.17) is 17.0 Å². The highest BCUT2D eigenvalue weighted by Gasteiger charge is 2.31. The summed E-state index contributed by atoms with van der Waals surface area (Å²) >= 11 is 6.65. The Labute approximate surface area is 129 Å². The van der Waals surface area contributed by atoms with Gasteiger partial charge in [-0.25, -0.2) is 0 Å². The van der Waals surface area contributed by atoms with Crippen molar-refractivity contribution in [2.45, 2.75) is 19.8 Å². The standard InChI is InChI=1S/C15H17NO2S2/c1-3-4-9-16-14(17)13(20-15(16)19)10-11-5-7-12(18-2)8-6-11/h5-8,10H,3-4,9H2,1-2H3/b13-10-. The lowest BCUT2D eigenvalue weighted by Crippen LogP contribution is -2.28. The molecule has 0 aliphatic carbocycles. The van der Waals surface area contributed by atoms with Gasteiger partial charge in [-0.15, -0.1) is 0 Å². The van der Waals surface area contributed by atoms with Gasteiger partial charge in [0.2, 0.25) is 0 Å². The minimum Gasteiger partial charge on any atom is -0.497 e. The molecule has 1 amide bonds. The highest BCUT2D eigenvalue weighted by Crippen LogP contribution is 2.32. The van der Waals surface area contributed by atoms with Gasteiger partial charge in [0.25, 0.3) is 5.91 Å². The van der Waals surface area contributed by atoms with Gasteiger partial charge in [0, 0.05) is 6.54 Å². The van der Waals surface area contributed by atoms with Crippen LogP contribution in [0.5, 0.6) is 5.75 Å². The number of unbranched alkanes of at least 4 members (excludes halogenated alkanes) is 1. The summed E-state index contributed by atoms with van der Waals surface area (Å²) in [6.45, 7) is 2.81. The Morgan fingerprint density at radius 1 is 1.35 bits per heavy atom. The fourth-order valence-corrected chi connectivity index (χ4v) is 3.17. The van der Waals surface area contributed by atoms with Crippen LogP contribution in [-0.4, -0.2) is 28.8 Å². The number of hydrogen-bond acceptors (Lipinski definition) is 4. The zero-order valence-corrected chi connectivity index (χ0v) is 13.2. The van der Waals surface area contributed by atoms with Crippen LogP contribution in [0.3, 0.4) is 0 Å². The molecule has 5 heteroatoms. The number of rotatable bonds is 5. The quantitative estimate of drug-likeness (QED) is 0.613. The van der Waals surface area contributed by atoms with Gasteiger partial charge in [-0.05, 0) is 30.2 Å². The number of amides is 1. The molecule has 0 spiro atoms. The number of carbonyl (C=O) groups excluding carboxylic acids is 1. The molecule has 0 saturated carbocycles. The number of nitrogens with zero attached hydrogens (tertiary/aromatic N) is 1. The Morgan fingerprint density at radius 2 is 2.05 bits per heavy atom. The van der Waals surface area contributed by atoms with E-state index < -0.39 is 0 Å². The van der Waals surface area contributed by atoms with Gasteiger partial charge in [0.15, 0.2) is 0 Å². The van der Waals surface area contributed by atoms with Crippen molar-refractivity contribution in [3.05, 3.63) is 34.7 Å². The second-order valence-corrected chi connectivity index (χ2v) is 6.14. The van der Waals surface area contributed by atoms with E-state index in [1.807, 2.05) is 30.3 Å². The molecule has 1 aromatic carbocycles. The molecule has 0 bridgehead atoms. The van der Waals surface area contributed by atoms with Crippen LogP contribution in [0.1, 0.15) is 25.3 Å². The van der Waals surface area contributed by atoms with E-state index in [2.05, 4.69) is 6.92 Å². The van der Waals surface area contributed by atoms with E-state index in [1.165, 1.54) is 11.8 Å². The van der Waals surface area contributed by atoms with Crippen molar-refractivity contribution in [3.63, 3.8) is 0 Å². The first-order chi connectivity index (χ1) is 9.65. The molecule has 1 fully saturated rings. The zero-order chi connectivity index (χ0) is 14.5. The molecule has 1 aliphatic heterocycles. The monoisotopic (exact) mass is 307 g/mol. The molecule has 106 valence electrons. The van der Waals surface area contributed by atoms with Crippen molar-refractivity contribution >= 4 is 40.3 Å². The van der Waals surface area contributed by atoms with Crippen molar-refractivity contribution in [1.82, 2.24) is 4.90 Å². The minimum absolute atomic E-state index is 0.0178. The first kappa shape index (κ1) is 15.1. The smallest absolute Gasteiger partial charge is 0.266 e. The molecule has 0 atom stereocenters. The molecule has 2 rings (SSSR count). The Hall–Kier alpha value is -1.33.